The molecule has 2 aromatic rings. The second kappa shape index (κ2) is 12.5. The molecule has 32 heavy (non-hydrogen) atoms. The molecule has 2 aromatic carbocycles. The lowest BCUT2D eigenvalue weighted by molar-refractivity contribution is -0.123. The minimum Gasteiger partial charge on any atom is -0.493 e. The summed E-state index contributed by atoms with van der Waals surface area (Å²) >= 11 is 5.87. The summed E-state index contributed by atoms with van der Waals surface area (Å²) in [6.45, 7) is 7.87. The molecule has 1 atom stereocenters. The third kappa shape index (κ3) is 7.42. The average Bonchev–Trinajstić information content (AvgIpc) is 2.77. The van der Waals surface area contributed by atoms with E-state index in [2.05, 4.69) is 22.4 Å². The number of amides is 2. The molecule has 170 valence electrons. The number of hydrazone groups is 1. The van der Waals surface area contributed by atoms with E-state index >= 15 is 0 Å². The normalized spacial score (nSPS) is 11.8. The Balaban J connectivity index is 2.11. The second-order valence-corrected chi connectivity index (χ2v) is 7.81. The topological polar surface area (TPSA) is 89.0 Å². The van der Waals surface area contributed by atoms with Crippen molar-refractivity contribution in [1.29, 1.82) is 0 Å². The minimum absolute atomic E-state index is 0.178. The molecule has 2 N–H and O–H groups in total. The third-order valence-electron chi connectivity index (χ3n) is 4.39. The van der Waals surface area contributed by atoms with Gasteiger partial charge in [-0.15, -0.1) is 0 Å². The summed E-state index contributed by atoms with van der Waals surface area (Å²) in [5.41, 5.74) is 3.54. The zero-order valence-corrected chi connectivity index (χ0v) is 19.2. The summed E-state index contributed by atoms with van der Waals surface area (Å²) in [5.74, 6) is 0.420. The molecule has 1 unspecified atom stereocenters. The largest absolute Gasteiger partial charge is 0.493 e. The molecule has 0 radical (unpaired) electrons. The van der Waals surface area contributed by atoms with Gasteiger partial charge in [0.15, 0.2) is 11.5 Å². The standard InChI is InChI=1S/C24H28ClN3O4/c1-5-13-32-22-18(7-6-8-21(22)31-4)15-26-28-24(30)20(14-16(2)3)27-23(29)17-9-11-19(25)12-10-17/h5-12,15-16,20H,1,13-14H2,2-4H3,(H,27,29)(H,28,30). The minimum atomic E-state index is -0.753. The van der Waals surface area contributed by atoms with E-state index in [4.69, 9.17) is 21.1 Å². The molecular formula is C24H28ClN3O4. The number of hydrogen-bond donors (Lipinski definition) is 2. The van der Waals surface area contributed by atoms with Gasteiger partial charge in [-0.3, -0.25) is 9.59 Å². The lowest BCUT2D eigenvalue weighted by Crippen LogP contribution is -2.46. The number of carbonyl (C=O) groups excluding carboxylic acids is 2. The van der Waals surface area contributed by atoms with Crippen molar-refractivity contribution in [1.82, 2.24) is 10.7 Å². The molecular weight excluding hydrogens is 430 g/mol. The molecule has 8 heteroatoms. The molecule has 7 nitrogen and oxygen atoms in total. The number of nitrogens with zero attached hydrogens (tertiary/aromatic N) is 1. The van der Waals surface area contributed by atoms with E-state index in [0.29, 0.717) is 40.7 Å². The van der Waals surface area contributed by atoms with Crippen molar-refractivity contribution >= 4 is 29.6 Å². The first kappa shape index (κ1) is 24.9. The van der Waals surface area contributed by atoms with Crippen molar-refractivity contribution in [2.45, 2.75) is 26.3 Å². The number of benzene rings is 2. The van der Waals surface area contributed by atoms with Crippen LogP contribution < -0.4 is 20.2 Å². The van der Waals surface area contributed by atoms with Gasteiger partial charge < -0.3 is 14.8 Å². The molecule has 0 bridgehead atoms. The highest BCUT2D eigenvalue weighted by molar-refractivity contribution is 6.30. The highest BCUT2D eigenvalue weighted by atomic mass is 35.5. The van der Waals surface area contributed by atoms with Crippen LogP contribution in [0.1, 0.15) is 36.2 Å². The van der Waals surface area contributed by atoms with Crippen molar-refractivity contribution in [3.63, 3.8) is 0 Å². The number of ether oxygens (including phenoxy) is 2. The average molecular weight is 458 g/mol. The zero-order chi connectivity index (χ0) is 23.5. The molecule has 0 spiro atoms. The van der Waals surface area contributed by atoms with E-state index in [1.165, 1.54) is 6.21 Å². The van der Waals surface area contributed by atoms with E-state index in [9.17, 15) is 9.59 Å². The second-order valence-electron chi connectivity index (χ2n) is 7.38. The Labute approximate surface area is 193 Å². The number of nitrogens with one attached hydrogen (secondary N) is 2. The maximum absolute atomic E-state index is 12.7. The van der Waals surface area contributed by atoms with Gasteiger partial charge in [-0.2, -0.15) is 5.10 Å². The maximum Gasteiger partial charge on any atom is 0.262 e. The molecule has 0 aliphatic carbocycles. The molecule has 0 aliphatic rings. The van der Waals surface area contributed by atoms with Gasteiger partial charge in [0.1, 0.15) is 12.6 Å². The Morgan fingerprint density at radius 2 is 1.91 bits per heavy atom. The van der Waals surface area contributed by atoms with Crippen molar-refractivity contribution in [2.75, 3.05) is 13.7 Å². The first-order valence-corrected chi connectivity index (χ1v) is 10.5. The van der Waals surface area contributed by atoms with Gasteiger partial charge in [0.2, 0.25) is 0 Å². The SMILES string of the molecule is C=CCOc1c(C=NNC(=O)C(CC(C)C)NC(=O)c2ccc(Cl)cc2)cccc1OC. The van der Waals surface area contributed by atoms with Crippen molar-refractivity contribution in [2.24, 2.45) is 11.0 Å². The summed E-state index contributed by atoms with van der Waals surface area (Å²) in [5, 5.41) is 7.35. The first-order valence-electron chi connectivity index (χ1n) is 10.2. The van der Waals surface area contributed by atoms with Crippen LogP contribution in [-0.4, -0.2) is 37.8 Å². The molecule has 0 aliphatic heterocycles. The van der Waals surface area contributed by atoms with Crippen LogP contribution in [0.25, 0.3) is 0 Å². The fourth-order valence-corrected chi connectivity index (χ4v) is 3.01. The molecule has 0 fully saturated rings. The summed E-state index contributed by atoms with van der Waals surface area (Å²) in [6, 6.07) is 11.0. The Morgan fingerprint density at radius 3 is 2.53 bits per heavy atom. The van der Waals surface area contributed by atoms with E-state index in [1.54, 1.807) is 55.7 Å². The Hall–Kier alpha value is -3.32. The number of rotatable bonds is 11. The lowest BCUT2D eigenvalue weighted by Gasteiger charge is -2.19. The lowest BCUT2D eigenvalue weighted by atomic mass is 10.0. The Kier molecular flexibility index (Phi) is 9.76. The van der Waals surface area contributed by atoms with E-state index in [1.807, 2.05) is 13.8 Å². The van der Waals surface area contributed by atoms with Crippen LogP contribution in [0.2, 0.25) is 5.02 Å². The Bertz CT molecular complexity index is 958. The monoisotopic (exact) mass is 457 g/mol. The van der Waals surface area contributed by atoms with Crippen molar-refractivity contribution < 1.29 is 19.1 Å². The van der Waals surface area contributed by atoms with Crippen LogP contribution in [0.5, 0.6) is 11.5 Å². The van der Waals surface area contributed by atoms with Crippen LogP contribution in [0, 0.1) is 5.92 Å². The van der Waals surface area contributed by atoms with Gasteiger partial charge in [-0.1, -0.05) is 44.2 Å². The van der Waals surface area contributed by atoms with Gasteiger partial charge >= 0.3 is 0 Å². The molecule has 0 heterocycles. The fourth-order valence-electron chi connectivity index (χ4n) is 2.88. The molecule has 2 amide bonds. The van der Waals surface area contributed by atoms with Gasteiger partial charge in [-0.25, -0.2) is 5.43 Å². The molecule has 0 saturated heterocycles. The summed E-state index contributed by atoms with van der Waals surface area (Å²) in [4.78, 5) is 25.3. The summed E-state index contributed by atoms with van der Waals surface area (Å²) in [7, 11) is 1.54. The Morgan fingerprint density at radius 1 is 1.19 bits per heavy atom. The zero-order valence-electron chi connectivity index (χ0n) is 18.4. The smallest absolute Gasteiger partial charge is 0.262 e. The van der Waals surface area contributed by atoms with Gasteiger partial charge in [-0.05, 0) is 48.7 Å². The highest BCUT2D eigenvalue weighted by Gasteiger charge is 2.22. The molecule has 2 rings (SSSR count). The first-order chi connectivity index (χ1) is 15.3. The van der Waals surface area contributed by atoms with E-state index < -0.39 is 11.9 Å². The van der Waals surface area contributed by atoms with Crippen LogP contribution in [-0.2, 0) is 4.79 Å². The van der Waals surface area contributed by atoms with Gasteiger partial charge in [0.25, 0.3) is 11.8 Å². The van der Waals surface area contributed by atoms with Crippen LogP contribution in [0.15, 0.2) is 60.2 Å². The van der Waals surface area contributed by atoms with Gasteiger partial charge in [0.05, 0.1) is 13.3 Å². The summed E-state index contributed by atoms with van der Waals surface area (Å²) in [6.07, 6.45) is 3.54. The third-order valence-corrected chi connectivity index (χ3v) is 4.64. The summed E-state index contributed by atoms with van der Waals surface area (Å²) < 4.78 is 11.0. The number of para-hydroxylation sites is 1. The van der Waals surface area contributed by atoms with Crippen molar-refractivity contribution in [3.05, 3.63) is 71.3 Å². The maximum atomic E-state index is 12.7. The number of carbonyl (C=O) groups is 2. The van der Waals surface area contributed by atoms with E-state index in [-0.39, 0.29) is 11.8 Å². The van der Waals surface area contributed by atoms with E-state index in [0.717, 1.165) is 0 Å². The predicted octanol–water partition coefficient (Wildman–Crippen LogP) is 4.21. The highest BCUT2D eigenvalue weighted by Crippen LogP contribution is 2.30. The van der Waals surface area contributed by atoms with Crippen molar-refractivity contribution in [3.8, 4) is 11.5 Å². The fraction of sp³-hybridized carbons (Fsp3) is 0.292. The number of halogens is 1. The number of hydrogen-bond acceptors (Lipinski definition) is 5. The molecule has 0 aromatic heterocycles. The van der Waals surface area contributed by atoms with Crippen LogP contribution in [0.3, 0.4) is 0 Å². The quantitative estimate of drug-likeness (QED) is 0.300. The predicted molar refractivity (Wildman–Crippen MR) is 127 cm³/mol. The van der Waals surface area contributed by atoms with Crippen LogP contribution >= 0.6 is 11.6 Å². The van der Waals surface area contributed by atoms with Crippen LogP contribution in [0.4, 0.5) is 0 Å². The molecule has 0 saturated carbocycles. The van der Waals surface area contributed by atoms with Gasteiger partial charge in [0, 0.05) is 16.1 Å². The number of methoxy groups -OCH3 is 1.